The van der Waals surface area contributed by atoms with Crippen molar-refractivity contribution >= 4 is 44.9 Å². The fraction of sp³-hybridized carbons (Fsp3) is 0.182. The van der Waals surface area contributed by atoms with Gasteiger partial charge in [-0.25, -0.2) is 4.68 Å². The zero-order chi connectivity index (χ0) is 12.6. The molecular formula is C11H10BrCl2N3. The van der Waals surface area contributed by atoms with Gasteiger partial charge in [-0.3, -0.25) is 0 Å². The lowest BCUT2D eigenvalue weighted by Crippen LogP contribution is -2.06. The molecule has 0 bridgehead atoms. The predicted molar refractivity (Wildman–Crippen MR) is 74.6 cm³/mol. The van der Waals surface area contributed by atoms with Crippen LogP contribution in [0.3, 0.4) is 0 Å². The SMILES string of the molecule is Cc1nn(Cc2cc(Cl)cc(Cl)c2)c(N)c1Br. The first-order valence-electron chi connectivity index (χ1n) is 4.90. The second-order valence-corrected chi connectivity index (χ2v) is 5.39. The van der Waals surface area contributed by atoms with Gasteiger partial charge >= 0.3 is 0 Å². The Labute approximate surface area is 118 Å². The van der Waals surface area contributed by atoms with Gasteiger partial charge in [-0.15, -0.1) is 0 Å². The summed E-state index contributed by atoms with van der Waals surface area (Å²) in [6.45, 7) is 2.43. The average Bonchev–Trinajstić information content (AvgIpc) is 2.45. The molecule has 1 aromatic heterocycles. The third kappa shape index (κ3) is 2.76. The van der Waals surface area contributed by atoms with Gasteiger partial charge in [0, 0.05) is 10.0 Å². The van der Waals surface area contributed by atoms with Gasteiger partial charge in [0.2, 0.25) is 0 Å². The highest BCUT2D eigenvalue weighted by Crippen LogP contribution is 2.25. The Balaban J connectivity index is 2.34. The molecule has 0 aliphatic carbocycles. The number of nitrogens with zero attached hydrogens (tertiary/aromatic N) is 2. The van der Waals surface area contributed by atoms with Crippen LogP contribution in [0.5, 0.6) is 0 Å². The van der Waals surface area contributed by atoms with Gasteiger partial charge in [-0.05, 0) is 46.6 Å². The van der Waals surface area contributed by atoms with Crippen LogP contribution in [0, 0.1) is 6.92 Å². The predicted octanol–water partition coefficient (Wildman–Crippen LogP) is 3.89. The molecule has 2 N–H and O–H groups in total. The standard InChI is InChI=1S/C11H10BrCl2N3/c1-6-10(12)11(15)17(16-6)5-7-2-8(13)4-9(14)3-7/h2-4H,5,15H2,1H3. The number of rotatable bonds is 2. The van der Waals surface area contributed by atoms with E-state index >= 15 is 0 Å². The molecule has 6 heteroatoms. The van der Waals surface area contributed by atoms with E-state index in [0.29, 0.717) is 22.4 Å². The third-order valence-corrected chi connectivity index (χ3v) is 3.76. The second kappa shape index (κ2) is 4.88. The van der Waals surface area contributed by atoms with Crippen molar-refractivity contribution in [3.63, 3.8) is 0 Å². The first-order chi connectivity index (χ1) is 7.97. The number of aromatic nitrogens is 2. The van der Waals surface area contributed by atoms with Crippen molar-refractivity contribution in [2.75, 3.05) is 5.73 Å². The molecule has 2 rings (SSSR count). The minimum atomic E-state index is 0.540. The Hall–Kier alpha value is -0.710. The number of aryl methyl sites for hydroxylation is 1. The molecule has 17 heavy (non-hydrogen) atoms. The van der Waals surface area contributed by atoms with E-state index in [1.807, 2.05) is 19.1 Å². The van der Waals surface area contributed by atoms with Crippen LogP contribution < -0.4 is 5.73 Å². The molecule has 0 spiro atoms. The van der Waals surface area contributed by atoms with Crippen LogP contribution >= 0.6 is 39.1 Å². The van der Waals surface area contributed by atoms with E-state index in [1.54, 1.807) is 10.7 Å². The lowest BCUT2D eigenvalue weighted by molar-refractivity contribution is 0.689. The second-order valence-electron chi connectivity index (χ2n) is 3.72. The Morgan fingerprint density at radius 3 is 2.35 bits per heavy atom. The van der Waals surface area contributed by atoms with Crippen LogP contribution in [0.4, 0.5) is 5.82 Å². The summed E-state index contributed by atoms with van der Waals surface area (Å²) in [5, 5.41) is 5.53. The zero-order valence-electron chi connectivity index (χ0n) is 9.04. The van der Waals surface area contributed by atoms with Crippen molar-refractivity contribution in [3.05, 3.63) is 44.0 Å². The Morgan fingerprint density at radius 2 is 1.88 bits per heavy atom. The zero-order valence-corrected chi connectivity index (χ0v) is 12.1. The highest BCUT2D eigenvalue weighted by Gasteiger charge is 2.10. The number of benzene rings is 1. The third-order valence-electron chi connectivity index (χ3n) is 2.35. The normalized spacial score (nSPS) is 10.8. The highest BCUT2D eigenvalue weighted by atomic mass is 79.9. The van der Waals surface area contributed by atoms with Crippen molar-refractivity contribution < 1.29 is 0 Å². The molecule has 0 unspecified atom stereocenters. The first-order valence-corrected chi connectivity index (χ1v) is 6.45. The molecular weight excluding hydrogens is 325 g/mol. The Bertz CT molecular complexity index is 546. The van der Waals surface area contributed by atoms with Crippen LogP contribution in [0.2, 0.25) is 10.0 Å². The summed E-state index contributed by atoms with van der Waals surface area (Å²) in [6.07, 6.45) is 0. The van der Waals surface area contributed by atoms with Crippen LogP contribution in [0.25, 0.3) is 0 Å². The lowest BCUT2D eigenvalue weighted by atomic mass is 10.2. The summed E-state index contributed by atoms with van der Waals surface area (Å²) in [4.78, 5) is 0. The number of anilines is 1. The molecule has 0 saturated carbocycles. The summed E-state index contributed by atoms with van der Waals surface area (Å²) in [5.41, 5.74) is 7.73. The van der Waals surface area contributed by atoms with Crippen molar-refractivity contribution in [3.8, 4) is 0 Å². The molecule has 1 heterocycles. The molecule has 3 nitrogen and oxygen atoms in total. The van der Waals surface area contributed by atoms with Gasteiger partial charge in [-0.1, -0.05) is 23.2 Å². The molecule has 0 radical (unpaired) electrons. The van der Waals surface area contributed by atoms with Gasteiger partial charge in [0.15, 0.2) is 0 Å². The maximum absolute atomic E-state index is 5.94. The summed E-state index contributed by atoms with van der Waals surface area (Å²) in [6, 6.07) is 5.38. The molecule has 0 aliphatic heterocycles. The van der Waals surface area contributed by atoms with E-state index in [2.05, 4.69) is 21.0 Å². The van der Waals surface area contributed by atoms with E-state index < -0.39 is 0 Å². The van der Waals surface area contributed by atoms with Gasteiger partial charge in [0.1, 0.15) is 5.82 Å². The number of halogens is 3. The number of hydrogen-bond donors (Lipinski definition) is 1. The number of nitrogen functional groups attached to an aromatic ring is 1. The number of nitrogens with two attached hydrogens (primary N) is 1. The molecule has 0 aliphatic rings. The average molecular weight is 335 g/mol. The molecule has 1 aromatic carbocycles. The summed E-state index contributed by atoms with van der Waals surface area (Å²) in [7, 11) is 0. The van der Waals surface area contributed by atoms with Crippen LogP contribution in [0.15, 0.2) is 22.7 Å². The quantitative estimate of drug-likeness (QED) is 0.905. The van der Waals surface area contributed by atoms with Crippen LogP contribution in [-0.4, -0.2) is 9.78 Å². The van der Waals surface area contributed by atoms with Crippen molar-refractivity contribution in [1.29, 1.82) is 0 Å². The molecule has 90 valence electrons. The highest BCUT2D eigenvalue weighted by molar-refractivity contribution is 9.10. The minimum Gasteiger partial charge on any atom is -0.383 e. The first kappa shape index (κ1) is 12.7. The fourth-order valence-corrected chi connectivity index (χ4v) is 2.43. The van der Waals surface area contributed by atoms with E-state index in [4.69, 9.17) is 28.9 Å². The monoisotopic (exact) mass is 333 g/mol. The van der Waals surface area contributed by atoms with E-state index in [-0.39, 0.29) is 0 Å². The molecule has 0 saturated heterocycles. The molecule has 0 amide bonds. The van der Waals surface area contributed by atoms with E-state index in [1.165, 1.54) is 0 Å². The van der Waals surface area contributed by atoms with Crippen molar-refractivity contribution in [2.24, 2.45) is 0 Å². The summed E-state index contributed by atoms with van der Waals surface area (Å²) in [5.74, 6) is 0.596. The minimum absolute atomic E-state index is 0.540. The fourth-order valence-electron chi connectivity index (χ4n) is 1.57. The van der Waals surface area contributed by atoms with Gasteiger partial charge < -0.3 is 5.73 Å². The van der Waals surface area contributed by atoms with Crippen LogP contribution in [0.1, 0.15) is 11.3 Å². The summed E-state index contributed by atoms with van der Waals surface area (Å²) < 4.78 is 2.53. The van der Waals surface area contributed by atoms with E-state index in [0.717, 1.165) is 15.7 Å². The smallest absolute Gasteiger partial charge is 0.136 e. The Kier molecular flexibility index (Phi) is 3.66. The molecule has 2 aromatic rings. The largest absolute Gasteiger partial charge is 0.383 e. The maximum Gasteiger partial charge on any atom is 0.136 e. The van der Waals surface area contributed by atoms with Gasteiger partial charge in [0.05, 0.1) is 16.7 Å². The molecule has 0 atom stereocenters. The molecule has 0 fully saturated rings. The Morgan fingerprint density at radius 1 is 1.29 bits per heavy atom. The van der Waals surface area contributed by atoms with Gasteiger partial charge in [-0.2, -0.15) is 5.10 Å². The van der Waals surface area contributed by atoms with Crippen LogP contribution in [-0.2, 0) is 6.54 Å². The number of hydrogen-bond acceptors (Lipinski definition) is 2. The summed E-state index contributed by atoms with van der Waals surface area (Å²) >= 11 is 15.3. The topological polar surface area (TPSA) is 43.8 Å². The lowest BCUT2D eigenvalue weighted by Gasteiger charge is -2.05. The maximum atomic E-state index is 5.94. The van der Waals surface area contributed by atoms with Gasteiger partial charge in [0.25, 0.3) is 0 Å². The van der Waals surface area contributed by atoms with Crippen molar-refractivity contribution in [1.82, 2.24) is 9.78 Å². The van der Waals surface area contributed by atoms with E-state index in [9.17, 15) is 0 Å². The van der Waals surface area contributed by atoms with Crippen molar-refractivity contribution in [2.45, 2.75) is 13.5 Å².